The van der Waals surface area contributed by atoms with E-state index in [4.69, 9.17) is 65.4 Å². The van der Waals surface area contributed by atoms with E-state index in [1.807, 2.05) is 7.05 Å². The molecule has 8 rings (SSSR count). The minimum absolute atomic E-state index is 0.0816. The third-order valence-corrected chi connectivity index (χ3v) is 13.3. The average molecular weight is 953 g/mol. The molecule has 5 N–H and O–H groups in total. The largest absolute Gasteiger partial charge is 0.495 e. The molecule has 20 heteroatoms. The molecular weight excluding hydrogens is 906 g/mol. The van der Waals surface area contributed by atoms with Crippen molar-refractivity contribution in [2.24, 2.45) is 14.1 Å². The van der Waals surface area contributed by atoms with E-state index in [1.54, 1.807) is 55.2 Å². The van der Waals surface area contributed by atoms with Crippen molar-refractivity contribution in [3.05, 3.63) is 104 Å². The lowest BCUT2D eigenvalue weighted by Crippen LogP contribution is -2.16. The molecule has 0 saturated heterocycles. The number of H-pyrrole nitrogens is 2. The summed E-state index contributed by atoms with van der Waals surface area (Å²) in [6, 6.07) is 3.34. The molecule has 1 unspecified atom stereocenters. The Hall–Kier alpha value is -5.65. The van der Waals surface area contributed by atoms with Gasteiger partial charge in [0, 0.05) is 59.9 Å². The summed E-state index contributed by atoms with van der Waals surface area (Å²) in [5, 5.41) is 42.0. The van der Waals surface area contributed by atoms with Crippen LogP contribution in [0.1, 0.15) is 58.3 Å². The Kier molecular flexibility index (Phi) is 13.2. The zero-order chi connectivity index (χ0) is 45.4. The first-order valence-electron chi connectivity index (χ1n) is 20.4. The number of hydrogen-bond acceptors (Lipinski definition) is 11. The second-order valence-corrected chi connectivity index (χ2v) is 17.0. The molecule has 0 aliphatic heterocycles. The molecule has 2 aliphatic rings. The molecule has 0 spiro atoms. The van der Waals surface area contributed by atoms with E-state index in [9.17, 15) is 9.90 Å². The maximum atomic E-state index is 12.1. The van der Waals surface area contributed by atoms with Crippen LogP contribution in [0.15, 0.2) is 49.8 Å². The van der Waals surface area contributed by atoms with Gasteiger partial charge in [-0.25, -0.2) is 0 Å². The molecule has 2 aliphatic carbocycles. The number of anilines is 2. The normalized spacial score (nSPS) is 16.1. The summed E-state index contributed by atoms with van der Waals surface area (Å²) < 4.78 is 27.3. The lowest BCUT2D eigenvalue weighted by Gasteiger charge is -2.27. The van der Waals surface area contributed by atoms with E-state index in [0.717, 1.165) is 33.9 Å². The van der Waals surface area contributed by atoms with Crippen molar-refractivity contribution < 1.29 is 28.8 Å². The van der Waals surface area contributed by atoms with Gasteiger partial charge in [0.1, 0.15) is 65.2 Å². The molecule has 0 bridgehead atoms. The first-order chi connectivity index (χ1) is 30.9. The van der Waals surface area contributed by atoms with E-state index in [1.165, 1.54) is 12.2 Å². The number of rotatable bonds is 16. The standard InChI is InChI=1S/C44H46Cl4N10O6/c1-7-33(59)51-27-19-49-57(3)43(27)41-23-11-9-21(15-25(23)53-55-41)35-37(45)29(61-5)17-31(39(35)47)63-13-14-64-32-18-30(62-6)38(46)36(40(32)48)22-10-12-24-26(16-22)54-56-42(24)44-28(20-50-58(44)4)52-34(60)8-2/h7-8,17-22,33,51,59H,1-2,9-16H2,3-6H3,(H,52,60)(H,53,55)(H,54,56)/t21-,22+,33?/m1/s1. The van der Waals surface area contributed by atoms with E-state index < -0.39 is 6.23 Å². The smallest absolute Gasteiger partial charge is 0.247 e. The number of nitrogens with zero attached hydrogens (tertiary/aromatic N) is 6. The Morgan fingerprint density at radius 1 is 0.797 bits per heavy atom. The number of aliphatic hydroxyl groups is 1. The fraction of sp³-hybridized carbons (Fsp3) is 0.341. The van der Waals surface area contributed by atoms with Crippen LogP contribution in [0.2, 0.25) is 20.1 Å². The topological polar surface area (TPSA) is 191 Å². The number of carbonyl (C=O) groups is 1. The van der Waals surface area contributed by atoms with Crippen LogP contribution in [0.5, 0.6) is 23.0 Å². The second kappa shape index (κ2) is 18.8. The molecule has 64 heavy (non-hydrogen) atoms. The number of ether oxygens (including phenoxy) is 4. The van der Waals surface area contributed by atoms with E-state index in [0.29, 0.717) is 116 Å². The minimum atomic E-state index is -0.945. The van der Waals surface area contributed by atoms with Crippen LogP contribution >= 0.6 is 46.4 Å². The molecule has 2 aromatic carbocycles. The van der Waals surface area contributed by atoms with Crippen molar-refractivity contribution in [3.8, 4) is 45.8 Å². The van der Waals surface area contributed by atoms with Gasteiger partial charge >= 0.3 is 0 Å². The summed E-state index contributed by atoms with van der Waals surface area (Å²) in [4.78, 5) is 12.1. The van der Waals surface area contributed by atoms with Crippen molar-refractivity contribution in [1.29, 1.82) is 0 Å². The lowest BCUT2D eigenvalue weighted by molar-refractivity contribution is -0.111. The maximum Gasteiger partial charge on any atom is 0.247 e. The van der Waals surface area contributed by atoms with Crippen molar-refractivity contribution >= 4 is 63.7 Å². The zero-order valence-electron chi connectivity index (χ0n) is 35.5. The van der Waals surface area contributed by atoms with Crippen LogP contribution in [0.4, 0.5) is 11.4 Å². The van der Waals surface area contributed by atoms with Gasteiger partial charge in [0.25, 0.3) is 0 Å². The minimum Gasteiger partial charge on any atom is -0.495 e. The first kappa shape index (κ1) is 44.9. The number of fused-ring (bicyclic) bond motifs is 2. The van der Waals surface area contributed by atoms with Crippen LogP contribution in [0, 0.1) is 0 Å². The van der Waals surface area contributed by atoms with Gasteiger partial charge in [0.05, 0.1) is 58.1 Å². The van der Waals surface area contributed by atoms with Crippen LogP contribution in [0.25, 0.3) is 22.8 Å². The lowest BCUT2D eigenvalue weighted by atomic mass is 9.82. The number of halogens is 4. The number of aliphatic hydroxyl groups excluding tert-OH is 1. The van der Waals surface area contributed by atoms with Gasteiger partial charge in [-0.3, -0.25) is 24.4 Å². The Labute approximate surface area is 388 Å². The number of aromatic nitrogens is 8. The second-order valence-electron chi connectivity index (χ2n) is 15.5. The highest BCUT2D eigenvalue weighted by atomic mass is 35.5. The van der Waals surface area contributed by atoms with Crippen LogP contribution in [-0.2, 0) is 44.6 Å². The molecule has 1 amide bonds. The van der Waals surface area contributed by atoms with E-state index >= 15 is 0 Å². The predicted octanol–water partition coefficient (Wildman–Crippen LogP) is 8.61. The number of carbonyl (C=O) groups excluding carboxylic acids is 1. The predicted molar refractivity (Wildman–Crippen MR) is 247 cm³/mol. The molecule has 336 valence electrons. The van der Waals surface area contributed by atoms with E-state index in [2.05, 4.69) is 54.4 Å². The maximum absolute atomic E-state index is 12.1. The number of aromatic amines is 2. The molecule has 0 saturated carbocycles. The van der Waals surface area contributed by atoms with Gasteiger partial charge in [-0.05, 0) is 62.5 Å². The van der Waals surface area contributed by atoms with Gasteiger partial charge < -0.3 is 34.7 Å². The quantitative estimate of drug-likeness (QED) is 0.0270. The van der Waals surface area contributed by atoms with Crippen molar-refractivity contribution in [1.82, 2.24) is 40.0 Å². The fourth-order valence-electron chi connectivity index (χ4n) is 8.68. The third kappa shape index (κ3) is 8.40. The number of benzene rings is 2. The molecule has 3 atom stereocenters. The van der Waals surface area contributed by atoms with Gasteiger partial charge in [0.2, 0.25) is 5.91 Å². The third-order valence-electron chi connectivity index (χ3n) is 11.8. The highest BCUT2D eigenvalue weighted by Gasteiger charge is 2.34. The van der Waals surface area contributed by atoms with Gasteiger partial charge in [0.15, 0.2) is 0 Å². The Morgan fingerprint density at radius 3 is 1.70 bits per heavy atom. The molecule has 6 aromatic rings. The molecule has 4 heterocycles. The number of nitrogens with one attached hydrogen (secondary N) is 4. The number of aryl methyl sites for hydroxylation is 2. The SMILES string of the molecule is C=CC(=O)Nc1cnn(C)c1-c1n[nH]c2c1CC[C@H](c1c(Cl)c(OC)cc(OCCOc3cc(OC)c(Cl)c([C@@H]4CCc5c(-c6c(NC(O)C=C)cnn6C)n[nH]c5C4)c3Cl)c1Cl)C2. The summed E-state index contributed by atoms with van der Waals surface area (Å²) >= 11 is 28.2. The Bertz CT molecular complexity index is 2760. The van der Waals surface area contributed by atoms with Crippen molar-refractivity contribution in [2.45, 2.75) is 56.6 Å². The summed E-state index contributed by atoms with van der Waals surface area (Å²) in [5.41, 5.74) is 9.43. The van der Waals surface area contributed by atoms with Gasteiger partial charge in [-0.2, -0.15) is 20.4 Å². The first-order valence-corrected chi connectivity index (χ1v) is 21.9. The van der Waals surface area contributed by atoms with Crippen LogP contribution in [0.3, 0.4) is 0 Å². The molecular formula is C44H46Cl4N10O6. The zero-order valence-corrected chi connectivity index (χ0v) is 38.5. The highest BCUT2D eigenvalue weighted by Crippen LogP contribution is 2.50. The average Bonchev–Trinajstić information content (AvgIpc) is 4.08. The Morgan fingerprint density at radius 2 is 1.25 bits per heavy atom. The monoisotopic (exact) mass is 950 g/mol. The van der Waals surface area contributed by atoms with Gasteiger partial charge in [-0.15, -0.1) is 0 Å². The molecule has 0 fully saturated rings. The number of hydrogen-bond donors (Lipinski definition) is 5. The molecule has 0 radical (unpaired) electrons. The van der Waals surface area contributed by atoms with E-state index in [-0.39, 0.29) is 31.0 Å². The fourth-order valence-corrected chi connectivity index (χ4v) is 10.2. The highest BCUT2D eigenvalue weighted by molar-refractivity contribution is 6.38. The van der Waals surface area contributed by atoms with Crippen molar-refractivity contribution in [2.75, 3.05) is 38.1 Å². The van der Waals surface area contributed by atoms with Crippen LogP contribution in [-0.4, -0.2) is 84.6 Å². The number of amides is 1. The summed E-state index contributed by atoms with van der Waals surface area (Å²) in [6.07, 6.45) is 8.80. The molecule has 16 nitrogen and oxygen atoms in total. The van der Waals surface area contributed by atoms with Gasteiger partial charge in [-0.1, -0.05) is 59.6 Å². The summed E-state index contributed by atoms with van der Waals surface area (Å²) in [7, 11) is 6.71. The Balaban J connectivity index is 0.971. The number of methoxy groups -OCH3 is 2. The summed E-state index contributed by atoms with van der Waals surface area (Å²) in [6.45, 7) is 7.40. The summed E-state index contributed by atoms with van der Waals surface area (Å²) in [5.74, 6) is 1.11. The molecule has 4 aromatic heterocycles. The van der Waals surface area contributed by atoms with Crippen molar-refractivity contribution in [3.63, 3.8) is 0 Å². The van der Waals surface area contributed by atoms with Crippen LogP contribution < -0.4 is 29.6 Å².